The largest absolute Gasteiger partial charge is 0.462 e. The number of fused-ring (bicyclic) bond motifs is 1. The second-order valence-electron chi connectivity index (χ2n) is 7.41. The Bertz CT molecular complexity index is 984. The van der Waals surface area contributed by atoms with E-state index in [1.165, 1.54) is 34.4 Å². The van der Waals surface area contributed by atoms with E-state index in [1.807, 2.05) is 13.8 Å². The van der Waals surface area contributed by atoms with Gasteiger partial charge < -0.3 is 15.4 Å². The van der Waals surface area contributed by atoms with Crippen molar-refractivity contribution in [3.05, 3.63) is 16.0 Å². The zero-order valence-electron chi connectivity index (χ0n) is 18.6. The van der Waals surface area contributed by atoms with E-state index < -0.39 is 5.25 Å². The fourth-order valence-electron chi connectivity index (χ4n) is 3.50. The zero-order chi connectivity index (χ0) is 23.3. The Morgan fingerprint density at radius 3 is 2.50 bits per heavy atom. The van der Waals surface area contributed by atoms with Crippen molar-refractivity contribution in [1.82, 2.24) is 10.2 Å². The Morgan fingerprint density at radius 2 is 1.81 bits per heavy atom. The monoisotopic (exact) mass is 496 g/mol. The van der Waals surface area contributed by atoms with Crippen molar-refractivity contribution in [2.24, 2.45) is 5.92 Å². The first-order valence-electron chi connectivity index (χ1n) is 10.8. The molecule has 0 bridgehead atoms. The first kappa shape index (κ1) is 24.7. The van der Waals surface area contributed by atoms with Gasteiger partial charge in [0.15, 0.2) is 4.34 Å². The van der Waals surface area contributed by atoms with Crippen molar-refractivity contribution < 1.29 is 19.1 Å². The molecule has 0 aromatic carbocycles. The summed E-state index contributed by atoms with van der Waals surface area (Å²) >= 11 is 3.96. The van der Waals surface area contributed by atoms with Crippen molar-refractivity contribution in [2.75, 3.05) is 17.2 Å². The molecule has 0 aliphatic heterocycles. The zero-order valence-corrected chi connectivity index (χ0v) is 21.1. The maximum absolute atomic E-state index is 12.8. The molecule has 1 aliphatic rings. The van der Waals surface area contributed by atoms with Crippen LogP contribution in [0, 0.1) is 5.92 Å². The van der Waals surface area contributed by atoms with Gasteiger partial charge in [-0.25, -0.2) is 4.79 Å². The van der Waals surface area contributed by atoms with Crippen molar-refractivity contribution in [3.8, 4) is 0 Å². The maximum atomic E-state index is 12.8. The van der Waals surface area contributed by atoms with E-state index in [2.05, 4.69) is 20.8 Å². The third-order valence-corrected chi connectivity index (χ3v) is 8.51. The summed E-state index contributed by atoms with van der Waals surface area (Å²) in [7, 11) is 0. The van der Waals surface area contributed by atoms with E-state index in [0.717, 1.165) is 42.5 Å². The Kier molecular flexibility index (Phi) is 8.66. The predicted octanol–water partition coefficient (Wildman–Crippen LogP) is 4.76. The van der Waals surface area contributed by atoms with Crippen LogP contribution in [0.25, 0.3) is 0 Å². The van der Waals surface area contributed by atoms with Crippen LogP contribution in [0.4, 0.5) is 10.1 Å². The smallest absolute Gasteiger partial charge is 0.341 e. The number of aryl methyl sites for hydroxylation is 1. The average molecular weight is 497 g/mol. The highest BCUT2D eigenvalue weighted by atomic mass is 32.2. The summed E-state index contributed by atoms with van der Waals surface area (Å²) in [6, 6.07) is 0. The average Bonchev–Trinajstić information content (AvgIpc) is 3.45. The topological polar surface area (TPSA) is 110 Å². The molecule has 11 heteroatoms. The summed E-state index contributed by atoms with van der Waals surface area (Å²) < 4.78 is 5.81. The molecular weight excluding hydrogens is 468 g/mol. The van der Waals surface area contributed by atoms with Gasteiger partial charge in [0.25, 0.3) is 0 Å². The van der Waals surface area contributed by atoms with Gasteiger partial charge in [0.2, 0.25) is 16.9 Å². The van der Waals surface area contributed by atoms with Gasteiger partial charge in [0.05, 0.1) is 17.4 Å². The minimum absolute atomic E-state index is 0.0549. The molecule has 1 unspecified atom stereocenters. The van der Waals surface area contributed by atoms with Gasteiger partial charge in [-0.05, 0) is 51.5 Å². The lowest BCUT2D eigenvalue weighted by Gasteiger charge is -2.11. The van der Waals surface area contributed by atoms with Crippen LogP contribution in [0.5, 0.6) is 0 Å². The summed E-state index contributed by atoms with van der Waals surface area (Å²) in [6.45, 7) is 7.78. The number of nitrogens with zero attached hydrogens (tertiary/aromatic N) is 2. The van der Waals surface area contributed by atoms with Gasteiger partial charge in [-0.2, -0.15) is 0 Å². The summed E-state index contributed by atoms with van der Waals surface area (Å²) in [5.41, 5.74) is 1.50. The predicted molar refractivity (Wildman–Crippen MR) is 129 cm³/mol. The van der Waals surface area contributed by atoms with Crippen LogP contribution in [0.15, 0.2) is 4.34 Å². The highest BCUT2D eigenvalue weighted by Gasteiger charge is 2.29. The molecule has 0 radical (unpaired) electrons. The minimum atomic E-state index is -0.461. The molecule has 2 aromatic heterocycles. The summed E-state index contributed by atoms with van der Waals surface area (Å²) in [6.07, 6.45) is 4.29. The van der Waals surface area contributed by atoms with Gasteiger partial charge in [0, 0.05) is 10.8 Å². The summed E-state index contributed by atoms with van der Waals surface area (Å²) in [4.78, 5) is 38.7. The van der Waals surface area contributed by atoms with Crippen LogP contribution in [-0.4, -0.2) is 39.8 Å². The normalized spacial score (nSPS) is 13.7. The molecule has 1 atom stereocenters. The van der Waals surface area contributed by atoms with E-state index in [4.69, 9.17) is 4.74 Å². The maximum Gasteiger partial charge on any atom is 0.341 e. The molecule has 2 heterocycles. The molecule has 3 rings (SSSR count). The third-order valence-electron chi connectivity index (χ3n) is 5.28. The SMILES string of the molecule is CCOC(=O)c1c(NC(=O)C(C)Sc2nnc(NC(=O)C(CC)CC)s2)sc2c1CCC2. The van der Waals surface area contributed by atoms with Gasteiger partial charge in [-0.1, -0.05) is 36.9 Å². The van der Waals surface area contributed by atoms with Crippen LogP contribution >= 0.6 is 34.4 Å². The lowest BCUT2D eigenvalue weighted by atomic mass is 10.0. The third kappa shape index (κ3) is 5.68. The summed E-state index contributed by atoms with van der Waals surface area (Å²) in [5, 5.41) is 14.3. The number of aromatic nitrogens is 2. The number of amides is 2. The van der Waals surface area contributed by atoms with E-state index in [0.29, 0.717) is 20.0 Å². The number of rotatable bonds is 10. The second-order valence-corrected chi connectivity index (χ2v) is 11.1. The Labute approximate surface area is 199 Å². The number of thiophene rings is 1. The first-order valence-corrected chi connectivity index (χ1v) is 13.3. The molecule has 0 saturated carbocycles. The number of nitrogens with one attached hydrogen (secondary N) is 2. The van der Waals surface area contributed by atoms with E-state index >= 15 is 0 Å². The molecule has 2 N–H and O–H groups in total. The number of hydrogen-bond acceptors (Lipinski definition) is 9. The molecule has 0 fully saturated rings. The van der Waals surface area contributed by atoms with Crippen LogP contribution in [0.3, 0.4) is 0 Å². The lowest BCUT2D eigenvalue weighted by Crippen LogP contribution is -2.23. The molecular formula is C21H28N4O4S3. The molecule has 2 aromatic rings. The fourth-order valence-corrected chi connectivity index (χ4v) is 6.68. The van der Waals surface area contributed by atoms with Gasteiger partial charge in [0.1, 0.15) is 5.00 Å². The van der Waals surface area contributed by atoms with E-state index in [1.54, 1.807) is 13.8 Å². The highest BCUT2D eigenvalue weighted by molar-refractivity contribution is 8.02. The number of carbonyl (C=O) groups excluding carboxylic acids is 3. The lowest BCUT2D eigenvalue weighted by molar-refractivity contribution is -0.120. The van der Waals surface area contributed by atoms with Crippen molar-refractivity contribution in [1.29, 1.82) is 0 Å². The van der Waals surface area contributed by atoms with Gasteiger partial charge >= 0.3 is 5.97 Å². The standard InChI is InChI=1S/C21H28N4O4S3/c1-5-12(6-2)17(27)23-20-24-25-21(32-20)30-11(4)16(26)22-18-15(19(28)29-7-3)13-9-8-10-14(13)31-18/h11-12H,5-10H2,1-4H3,(H,22,26)(H,23,24,27). The van der Waals surface area contributed by atoms with E-state index in [9.17, 15) is 14.4 Å². The van der Waals surface area contributed by atoms with Crippen LogP contribution in [0.2, 0.25) is 0 Å². The molecule has 1 aliphatic carbocycles. The van der Waals surface area contributed by atoms with Crippen molar-refractivity contribution >= 4 is 62.4 Å². The molecule has 8 nitrogen and oxygen atoms in total. The number of anilines is 2. The molecule has 0 saturated heterocycles. The number of hydrogen-bond donors (Lipinski definition) is 2. The Morgan fingerprint density at radius 1 is 1.06 bits per heavy atom. The minimum Gasteiger partial charge on any atom is -0.462 e. The second kappa shape index (κ2) is 11.2. The highest BCUT2D eigenvalue weighted by Crippen LogP contribution is 2.40. The first-order chi connectivity index (χ1) is 15.4. The molecule has 0 spiro atoms. The van der Waals surface area contributed by atoms with Crippen molar-refractivity contribution in [3.63, 3.8) is 0 Å². The Hall–Kier alpha value is -1.98. The van der Waals surface area contributed by atoms with Crippen LogP contribution in [-0.2, 0) is 27.2 Å². The van der Waals surface area contributed by atoms with Crippen LogP contribution < -0.4 is 10.6 Å². The molecule has 32 heavy (non-hydrogen) atoms. The molecule has 2 amide bonds. The fraction of sp³-hybridized carbons (Fsp3) is 0.571. The van der Waals surface area contributed by atoms with E-state index in [-0.39, 0.29) is 30.3 Å². The molecule has 174 valence electrons. The number of thioether (sulfide) groups is 1. The van der Waals surface area contributed by atoms with Gasteiger partial charge in [-0.15, -0.1) is 21.5 Å². The van der Waals surface area contributed by atoms with Crippen LogP contribution in [0.1, 0.15) is 67.8 Å². The van der Waals surface area contributed by atoms with Gasteiger partial charge in [-0.3, -0.25) is 9.59 Å². The number of ether oxygens (including phenoxy) is 1. The van der Waals surface area contributed by atoms with Crippen molar-refractivity contribution in [2.45, 2.75) is 69.4 Å². The quantitative estimate of drug-likeness (QED) is 0.277. The summed E-state index contributed by atoms with van der Waals surface area (Å²) in [5.74, 6) is -0.728. The Balaban J connectivity index is 1.63. The number of carbonyl (C=O) groups is 3. The number of esters is 1.